The second-order valence-electron chi connectivity index (χ2n) is 4.83. The Bertz CT molecular complexity index is 467. The molecule has 1 aliphatic rings. The molecule has 0 aromatic carbocycles. The molecule has 4 N–H and O–H groups in total. The molecule has 1 heterocycles. The average molecular weight is 333 g/mol. The molecule has 0 saturated heterocycles. The van der Waals surface area contributed by atoms with Gasteiger partial charge >= 0.3 is 0 Å². The maximum Gasteiger partial charge on any atom is 0.245 e. The largest absolute Gasteiger partial charge is 0.346 e. The lowest BCUT2D eigenvalue weighted by molar-refractivity contribution is -0.123. The fourth-order valence-corrected chi connectivity index (χ4v) is 3.24. The number of amides is 2. The van der Waals surface area contributed by atoms with Crippen molar-refractivity contribution < 1.29 is 9.59 Å². The van der Waals surface area contributed by atoms with Crippen molar-refractivity contribution in [3.63, 3.8) is 0 Å². The number of carbonyl (C=O) groups excluding carboxylic acids is 2. The smallest absolute Gasteiger partial charge is 0.245 e. The molecule has 0 aliphatic heterocycles. The van der Waals surface area contributed by atoms with Gasteiger partial charge in [-0.2, -0.15) is 0 Å². The van der Waals surface area contributed by atoms with E-state index in [1.807, 2.05) is 0 Å². The lowest BCUT2D eigenvalue weighted by atomic mass is 10.0. The Balaban J connectivity index is 0.00000220. The van der Waals surface area contributed by atoms with E-state index in [1.165, 1.54) is 24.1 Å². The molecular weight excluding hydrogens is 312 g/mol. The molecule has 0 spiro atoms. The molecule has 118 valence electrons. The van der Waals surface area contributed by atoms with Crippen molar-refractivity contribution in [1.29, 1.82) is 0 Å². The van der Waals surface area contributed by atoms with E-state index >= 15 is 0 Å². The molecule has 1 aromatic rings. The highest BCUT2D eigenvalue weighted by Crippen LogP contribution is 2.28. The van der Waals surface area contributed by atoms with E-state index in [-0.39, 0.29) is 37.3 Å². The molecule has 2 amide bonds. The summed E-state index contributed by atoms with van der Waals surface area (Å²) in [6.45, 7) is -0.181. The summed E-state index contributed by atoms with van der Waals surface area (Å²) in [6.07, 6.45) is 6.91. The molecule has 21 heavy (non-hydrogen) atoms. The Kier molecular flexibility index (Phi) is 7.63. The summed E-state index contributed by atoms with van der Waals surface area (Å²) < 4.78 is 0. The number of thiazole rings is 1. The second-order valence-corrected chi connectivity index (χ2v) is 5.92. The highest BCUT2D eigenvalue weighted by Gasteiger charge is 2.14. The van der Waals surface area contributed by atoms with Crippen molar-refractivity contribution >= 4 is 40.7 Å². The highest BCUT2D eigenvalue weighted by molar-refractivity contribution is 7.15. The molecule has 0 radical (unpaired) electrons. The minimum absolute atomic E-state index is 0. The number of nitrogens with one attached hydrogen (secondary N) is 2. The Morgan fingerprint density at radius 3 is 2.57 bits per heavy atom. The number of aryl methyl sites for hydroxylation is 2. The van der Waals surface area contributed by atoms with Gasteiger partial charge in [-0.05, 0) is 25.7 Å². The van der Waals surface area contributed by atoms with Crippen LogP contribution in [0, 0.1) is 0 Å². The van der Waals surface area contributed by atoms with E-state index in [4.69, 9.17) is 5.73 Å². The maximum absolute atomic E-state index is 11.7. The Morgan fingerprint density at radius 1 is 1.14 bits per heavy atom. The van der Waals surface area contributed by atoms with Crippen LogP contribution in [-0.2, 0) is 22.4 Å². The van der Waals surface area contributed by atoms with E-state index in [9.17, 15) is 9.59 Å². The summed E-state index contributed by atoms with van der Waals surface area (Å²) in [5, 5.41) is 5.80. The number of anilines is 1. The van der Waals surface area contributed by atoms with Crippen molar-refractivity contribution in [2.75, 3.05) is 18.4 Å². The van der Waals surface area contributed by atoms with Crippen LogP contribution in [0.3, 0.4) is 0 Å². The van der Waals surface area contributed by atoms with E-state index in [0.29, 0.717) is 5.13 Å². The molecule has 0 unspecified atom stereocenters. The molecule has 0 saturated carbocycles. The van der Waals surface area contributed by atoms with Crippen LogP contribution in [0.5, 0.6) is 0 Å². The minimum atomic E-state index is -0.341. The first kappa shape index (κ1) is 17.9. The van der Waals surface area contributed by atoms with Crippen LogP contribution in [0.2, 0.25) is 0 Å². The van der Waals surface area contributed by atoms with E-state index in [2.05, 4.69) is 15.6 Å². The van der Waals surface area contributed by atoms with Crippen LogP contribution in [-0.4, -0.2) is 29.9 Å². The van der Waals surface area contributed by atoms with Crippen molar-refractivity contribution in [3.05, 3.63) is 10.6 Å². The summed E-state index contributed by atoms with van der Waals surface area (Å²) >= 11 is 1.55. The minimum Gasteiger partial charge on any atom is -0.346 e. The van der Waals surface area contributed by atoms with Gasteiger partial charge < -0.3 is 16.4 Å². The Morgan fingerprint density at radius 2 is 1.86 bits per heavy atom. The van der Waals surface area contributed by atoms with Crippen molar-refractivity contribution in [1.82, 2.24) is 10.3 Å². The summed E-state index contributed by atoms with van der Waals surface area (Å²) in [6, 6.07) is 0. The molecular formula is C13H21ClN4O2S. The topological polar surface area (TPSA) is 97.1 Å². The second kappa shape index (κ2) is 8.96. The van der Waals surface area contributed by atoms with Gasteiger partial charge in [0.2, 0.25) is 11.8 Å². The summed E-state index contributed by atoms with van der Waals surface area (Å²) in [7, 11) is 0. The zero-order chi connectivity index (χ0) is 14.4. The van der Waals surface area contributed by atoms with Gasteiger partial charge in [0.05, 0.1) is 18.8 Å². The summed E-state index contributed by atoms with van der Waals surface area (Å²) in [4.78, 5) is 28.4. The third-order valence-corrected chi connectivity index (χ3v) is 4.30. The molecule has 2 rings (SSSR count). The molecule has 0 bridgehead atoms. The summed E-state index contributed by atoms with van der Waals surface area (Å²) in [5.41, 5.74) is 6.27. The van der Waals surface area contributed by atoms with Crippen LogP contribution in [0.25, 0.3) is 0 Å². The maximum atomic E-state index is 11.7. The first-order chi connectivity index (χ1) is 9.69. The van der Waals surface area contributed by atoms with Crippen molar-refractivity contribution in [2.45, 2.75) is 38.5 Å². The standard InChI is InChI=1S/C13H20N4O2S.ClH/c14-7-11(18)15-8-12(19)17-13-16-9-5-3-1-2-4-6-10(9)20-13;/h1-8,14H2,(H,15,18)(H,16,17,19);1H. The van der Waals surface area contributed by atoms with Gasteiger partial charge in [0.1, 0.15) is 0 Å². The first-order valence-electron chi connectivity index (χ1n) is 6.94. The number of nitrogens with two attached hydrogens (primary N) is 1. The fraction of sp³-hybridized carbons (Fsp3) is 0.615. The van der Waals surface area contributed by atoms with Crippen molar-refractivity contribution in [3.8, 4) is 0 Å². The third kappa shape index (κ3) is 5.61. The van der Waals surface area contributed by atoms with Gasteiger partial charge in [-0.25, -0.2) is 4.98 Å². The lowest BCUT2D eigenvalue weighted by Crippen LogP contribution is -2.36. The van der Waals surface area contributed by atoms with E-state index < -0.39 is 0 Å². The van der Waals surface area contributed by atoms with E-state index in [1.54, 1.807) is 11.3 Å². The zero-order valence-corrected chi connectivity index (χ0v) is 13.4. The number of halogens is 1. The number of hydrogen-bond donors (Lipinski definition) is 3. The molecule has 6 nitrogen and oxygen atoms in total. The number of carbonyl (C=O) groups is 2. The number of aromatic nitrogens is 1. The van der Waals surface area contributed by atoms with Gasteiger partial charge in [0, 0.05) is 4.88 Å². The predicted molar refractivity (Wildman–Crippen MR) is 85.9 cm³/mol. The van der Waals surface area contributed by atoms with Crippen LogP contribution in [0.15, 0.2) is 0 Å². The van der Waals surface area contributed by atoms with Gasteiger partial charge in [-0.1, -0.05) is 12.8 Å². The lowest BCUT2D eigenvalue weighted by Gasteiger charge is -2.06. The van der Waals surface area contributed by atoms with Gasteiger partial charge in [-0.15, -0.1) is 23.7 Å². The monoisotopic (exact) mass is 332 g/mol. The number of nitrogens with zero attached hydrogens (tertiary/aromatic N) is 1. The van der Waals surface area contributed by atoms with Gasteiger partial charge in [0.25, 0.3) is 0 Å². The Hall–Kier alpha value is -1.18. The first-order valence-corrected chi connectivity index (χ1v) is 7.76. The number of hydrogen-bond acceptors (Lipinski definition) is 5. The zero-order valence-electron chi connectivity index (χ0n) is 11.8. The van der Waals surface area contributed by atoms with Crippen LogP contribution >= 0.6 is 23.7 Å². The SMILES string of the molecule is Cl.NCC(=O)NCC(=O)Nc1nc2c(s1)CCCCCC2. The van der Waals surface area contributed by atoms with Crippen molar-refractivity contribution in [2.24, 2.45) is 5.73 Å². The van der Waals surface area contributed by atoms with Crippen LogP contribution in [0.4, 0.5) is 5.13 Å². The predicted octanol–water partition coefficient (Wildman–Crippen LogP) is 1.24. The molecule has 1 aromatic heterocycles. The Labute approximate surface area is 134 Å². The van der Waals surface area contributed by atoms with Crippen LogP contribution < -0.4 is 16.4 Å². The average Bonchev–Trinajstić information content (AvgIpc) is 2.77. The third-order valence-electron chi connectivity index (χ3n) is 3.22. The molecule has 1 aliphatic carbocycles. The molecule has 0 atom stereocenters. The highest BCUT2D eigenvalue weighted by atomic mass is 35.5. The summed E-state index contributed by atoms with van der Waals surface area (Å²) in [5.74, 6) is -0.611. The van der Waals surface area contributed by atoms with Gasteiger partial charge in [0.15, 0.2) is 5.13 Å². The van der Waals surface area contributed by atoms with E-state index in [0.717, 1.165) is 25.0 Å². The van der Waals surface area contributed by atoms with Crippen LogP contribution in [0.1, 0.15) is 36.3 Å². The quantitative estimate of drug-likeness (QED) is 0.772. The number of fused-ring (bicyclic) bond motifs is 1. The van der Waals surface area contributed by atoms with Gasteiger partial charge in [-0.3, -0.25) is 9.59 Å². The molecule has 8 heteroatoms. The number of rotatable bonds is 4. The normalized spacial score (nSPS) is 14.1. The molecule has 0 fully saturated rings. The fourth-order valence-electron chi connectivity index (χ4n) is 2.17.